The van der Waals surface area contributed by atoms with Gasteiger partial charge in [0.15, 0.2) is 0 Å². The number of hydrogen-bond donors (Lipinski definition) is 1. The molecular weight excluding hydrogens is 265 g/mol. The fourth-order valence-corrected chi connectivity index (χ4v) is 1.91. The van der Waals surface area contributed by atoms with Crippen LogP contribution in [0, 0.1) is 5.82 Å². The molecule has 0 saturated heterocycles. The first kappa shape index (κ1) is 15.5. The standard InChI is InChI=1S/C18H22FNO/c1-18(2,3)20-12-14-6-5-9-17(11-14)21-13-15-7-4-8-16(19)10-15/h4-11,20H,12-13H2,1-3H3. The lowest BCUT2D eigenvalue weighted by Gasteiger charge is -2.20. The summed E-state index contributed by atoms with van der Waals surface area (Å²) in [4.78, 5) is 0. The van der Waals surface area contributed by atoms with E-state index < -0.39 is 0 Å². The molecule has 0 amide bonds. The van der Waals surface area contributed by atoms with Crippen LogP contribution in [0.4, 0.5) is 4.39 Å². The molecule has 2 nitrogen and oxygen atoms in total. The minimum atomic E-state index is -0.237. The van der Waals surface area contributed by atoms with E-state index in [0.717, 1.165) is 17.9 Å². The van der Waals surface area contributed by atoms with Gasteiger partial charge in [-0.25, -0.2) is 4.39 Å². The highest BCUT2D eigenvalue weighted by Crippen LogP contribution is 2.16. The van der Waals surface area contributed by atoms with Crippen molar-refractivity contribution in [3.05, 3.63) is 65.5 Å². The largest absolute Gasteiger partial charge is 0.489 e. The molecule has 112 valence electrons. The van der Waals surface area contributed by atoms with Crippen molar-refractivity contribution in [2.45, 2.75) is 39.5 Å². The molecule has 0 fully saturated rings. The van der Waals surface area contributed by atoms with Crippen molar-refractivity contribution < 1.29 is 9.13 Å². The minimum absolute atomic E-state index is 0.0818. The highest BCUT2D eigenvalue weighted by atomic mass is 19.1. The number of benzene rings is 2. The third kappa shape index (κ3) is 5.56. The van der Waals surface area contributed by atoms with Crippen molar-refractivity contribution in [2.24, 2.45) is 0 Å². The van der Waals surface area contributed by atoms with E-state index in [1.807, 2.05) is 24.3 Å². The van der Waals surface area contributed by atoms with Crippen LogP contribution in [0.2, 0.25) is 0 Å². The Morgan fingerprint density at radius 3 is 2.43 bits per heavy atom. The van der Waals surface area contributed by atoms with Crippen LogP contribution in [0.3, 0.4) is 0 Å². The quantitative estimate of drug-likeness (QED) is 0.885. The van der Waals surface area contributed by atoms with Gasteiger partial charge in [-0.05, 0) is 56.2 Å². The van der Waals surface area contributed by atoms with E-state index >= 15 is 0 Å². The molecule has 3 heteroatoms. The average Bonchev–Trinajstić information content (AvgIpc) is 2.43. The molecule has 0 heterocycles. The van der Waals surface area contributed by atoms with Crippen LogP contribution >= 0.6 is 0 Å². The zero-order valence-corrected chi connectivity index (χ0v) is 12.8. The maximum atomic E-state index is 13.1. The molecule has 0 spiro atoms. The van der Waals surface area contributed by atoms with Crippen molar-refractivity contribution in [3.63, 3.8) is 0 Å². The first-order chi connectivity index (χ1) is 9.92. The maximum absolute atomic E-state index is 13.1. The Morgan fingerprint density at radius 1 is 1.00 bits per heavy atom. The van der Waals surface area contributed by atoms with E-state index in [-0.39, 0.29) is 11.4 Å². The number of nitrogens with one attached hydrogen (secondary N) is 1. The van der Waals surface area contributed by atoms with Gasteiger partial charge >= 0.3 is 0 Å². The van der Waals surface area contributed by atoms with Crippen molar-refractivity contribution in [1.82, 2.24) is 5.32 Å². The lowest BCUT2D eigenvalue weighted by molar-refractivity contribution is 0.305. The summed E-state index contributed by atoms with van der Waals surface area (Å²) in [5.41, 5.74) is 2.08. The molecule has 0 aromatic heterocycles. The van der Waals surface area contributed by atoms with Gasteiger partial charge in [0.05, 0.1) is 0 Å². The lowest BCUT2D eigenvalue weighted by Crippen LogP contribution is -2.35. The molecule has 21 heavy (non-hydrogen) atoms. The molecule has 0 aliphatic rings. The topological polar surface area (TPSA) is 21.3 Å². The van der Waals surface area contributed by atoms with Crippen LogP contribution < -0.4 is 10.1 Å². The van der Waals surface area contributed by atoms with Gasteiger partial charge in [0.2, 0.25) is 0 Å². The summed E-state index contributed by atoms with van der Waals surface area (Å²) in [6.45, 7) is 7.57. The molecular formula is C18H22FNO. The van der Waals surface area contributed by atoms with Crippen molar-refractivity contribution in [2.75, 3.05) is 0 Å². The summed E-state index contributed by atoms with van der Waals surface area (Å²) in [7, 11) is 0. The highest BCUT2D eigenvalue weighted by Gasteiger charge is 2.08. The third-order valence-corrected chi connectivity index (χ3v) is 3.02. The molecule has 2 aromatic carbocycles. The van der Waals surface area contributed by atoms with Crippen molar-refractivity contribution >= 4 is 0 Å². The fourth-order valence-electron chi connectivity index (χ4n) is 1.91. The molecule has 0 atom stereocenters. The van der Waals surface area contributed by atoms with Crippen LogP contribution in [0.25, 0.3) is 0 Å². The highest BCUT2D eigenvalue weighted by molar-refractivity contribution is 5.29. The average molecular weight is 287 g/mol. The molecule has 2 rings (SSSR count). The van der Waals surface area contributed by atoms with E-state index in [9.17, 15) is 4.39 Å². The van der Waals surface area contributed by atoms with E-state index in [0.29, 0.717) is 6.61 Å². The van der Waals surface area contributed by atoms with Crippen LogP contribution in [0.15, 0.2) is 48.5 Å². The smallest absolute Gasteiger partial charge is 0.123 e. The molecule has 1 N–H and O–H groups in total. The van der Waals surface area contributed by atoms with Crippen LogP contribution in [-0.4, -0.2) is 5.54 Å². The fraction of sp³-hybridized carbons (Fsp3) is 0.333. The minimum Gasteiger partial charge on any atom is -0.489 e. The Labute approximate surface area is 126 Å². The van der Waals surface area contributed by atoms with Gasteiger partial charge in [0, 0.05) is 12.1 Å². The Morgan fingerprint density at radius 2 is 1.71 bits per heavy atom. The summed E-state index contributed by atoms with van der Waals surface area (Å²) in [6, 6.07) is 14.4. The normalized spacial score (nSPS) is 11.4. The van der Waals surface area contributed by atoms with Gasteiger partial charge in [0.25, 0.3) is 0 Å². The molecule has 0 aliphatic heterocycles. The molecule has 0 radical (unpaired) electrons. The maximum Gasteiger partial charge on any atom is 0.123 e. The van der Waals surface area contributed by atoms with E-state index in [4.69, 9.17) is 4.74 Å². The Kier molecular flexibility index (Phi) is 4.97. The monoisotopic (exact) mass is 287 g/mol. The van der Waals surface area contributed by atoms with Crippen LogP contribution in [0.5, 0.6) is 5.75 Å². The van der Waals surface area contributed by atoms with E-state index in [1.54, 1.807) is 6.07 Å². The first-order valence-electron chi connectivity index (χ1n) is 7.14. The number of rotatable bonds is 5. The first-order valence-corrected chi connectivity index (χ1v) is 7.14. The second-order valence-corrected chi connectivity index (χ2v) is 6.17. The molecule has 0 bridgehead atoms. The van der Waals surface area contributed by atoms with Crippen LogP contribution in [-0.2, 0) is 13.2 Å². The summed E-state index contributed by atoms with van der Waals surface area (Å²) >= 11 is 0. The summed E-state index contributed by atoms with van der Waals surface area (Å²) in [5, 5.41) is 3.44. The zero-order valence-electron chi connectivity index (χ0n) is 12.8. The van der Waals surface area contributed by atoms with Gasteiger partial charge in [0.1, 0.15) is 18.2 Å². The van der Waals surface area contributed by atoms with Gasteiger partial charge in [-0.3, -0.25) is 0 Å². The Bertz CT molecular complexity index is 590. The second-order valence-electron chi connectivity index (χ2n) is 6.17. The predicted molar refractivity (Wildman–Crippen MR) is 83.8 cm³/mol. The summed E-state index contributed by atoms with van der Waals surface area (Å²) in [5.74, 6) is 0.562. The molecule has 0 unspecified atom stereocenters. The summed E-state index contributed by atoms with van der Waals surface area (Å²) in [6.07, 6.45) is 0. The SMILES string of the molecule is CC(C)(C)NCc1cccc(OCc2cccc(F)c2)c1. The Balaban J connectivity index is 1.95. The molecule has 0 aliphatic carbocycles. The van der Waals surface area contributed by atoms with Gasteiger partial charge in [-0.2, -0.15) is 0 Å². The molecule has 0 saturated carbocycles. The molecule has 2 aromatic rings. The number of hydrogen-bond acceptors (Lipinski definition) is 2. The number of halogens is 1. The number of ether oxygens (including phenoxy) is 1. The van der Waals surface area contributed by atoms with Crippen molar-refractivity contribution in [1.29, 1.82) is 0 Å². The van der Waals surface area contributed by atoms with Gasteiger partial charge in [-0.15, -0.1) is 0 Å². The third-order valence-electron chi connectivity index (χ3n) is 3.02. The van der Waals surface area contributed by atoms with Gasteiger partial charge in [-0.1, -0.05) is 24.3 Å². The van der Waals surface area contributed by atoms with E-state index in [1.165, 1.54) is 17.7 Å². The van der Waals surface area contributed by atoms with Gasteiger partial charge < -0.3 is 10.1 Å². The Hall–Kier alpha value is -1.87. The zero-order chi connectivity index (χ0) is 15.3. The van der Waals surface area contributed by atoms with Crippen LogP contribution in [0.1, 0.15) is 31.9 Å². The van der Waals surface area contributed by atoms with Crippen molar-refractivity contribution in [3.8, 4) is 5.75 Å². The lowest BCUT2D eigenvalue weighted by atomic mass is 10.1. The van der Waals surface area contributed by atoms with E-state index in [2.05, 4.69) is 32.2 Å². The predicted octanol–water partition coefficient (Wildman–Crippen LogP) is 4.29. The summed E-state index contributed by atoms with van der Waals surface area (Å²) < 4.78 is 18.8. The second kappa shape index (κ2) is 6.72.